The normalized spacial score (nSPS) is 12.8. The lowest BCUT2D eigenvalue weighted by Crippen LogP contribution is -2.23. The largest absolute Gasteiger partial charge is 0.496 e. The fourth-order valence-electron chi connectivity index (χ4n) is 2.32. The van der Waals surface area contributed by atoms with Gasteiger partial charge in [-0.2, -0.15) is 0 Å². The van der Waals surface area contributed by atoms with Crippen LogP contribution in [0.15, 0.2) is 53.4 Å². The summed E-state index contributed by atoms with van der Waals surface area (Å²) in [5.41, 5.74) is 1.95. The molecule has 23 heavy (non-hydrogen) atoms. The number of sulfonamides is 1. The van der Waals surface area contributed by atoms with Crippen LogP contribution >= 0.6 is 0 Å². The summed E-state index contributed by atoms with van der Waals surface area (Å²) in [5.74, 6) is 1.09. The lowest BCUT2D eigenvalue weighted by atomic mass is 9.99. The Labute approximate surface area is 138 Å². The number of rotatable bonds is 7. The van der Waals surface area contributed by atoms with Crippen molar-refractivity contribution in [3.05, 3.63) is 59.7 Å². The molecule has 124 valence electrons. The van der Waals surface area contributed by atoms with E-state index in [2.05, 4.69) is 18.6 Å². The quantitative estimate of drug-likeness (QED) is 0.841. The second kappa shape index (κ2) is 7.62. The van der Waals surface area contributed by atoms with Crippen molar-refractivity contribution < 1.29 is 13.2 Å². The SMILES string of the molecule is CCC(C)c1ccc(S(=O)(=O)NCc2ccccc2OC)cc1. The zero-order chi connectivity index (χ0) is 16.9. The molecule has 0 saturated heterocycles. The van der Waals surface area contributed by atoms with Crippen molar-refractivity contribution in [3.8, 4) is 5.75 Å². The van der Waals surface area contributed by atoms with E-state index in [-0.39, 0.29) is 11.4 Å². The van der Waals surface area contributed by atoms with Gasteiger partial charge in [-0.05, 0) is 36.1 Å². The van der Waals surface area contributed by atoms with E-state index in [0.29, 0.717) is 11.7 Å². The second-order valence-corrected chi connectivity index (χ2v) is 7.28. The van der Waals surface area contributed by atoms with Crippen molar-refractivity contribution in [2.45, 2.75) is 37.6 Å². The first-order valence-corrected chi connectivity index (χ1v) is 9.17. The molecule has 0 aliphatic carbocycles. The van der Waals surface area contributed by atoms with E-state index >= 15 is 0 Å². The molecule has 0 bridgehead atoms. The Morgan fingerprint density at radius 3 is 2.35 bits per heavy atom. The van der Waals surface area contributed by atoms with Crippen molar-refractivity contribution >= 4 is 10.0 Å². The van der Waals surface area contributed by atoms with E-state index in [1.165, 1.54) is 0 Å². The van der Waals surface area contributed by atoms with Gasteiger partial charge in [0.1, 0.15) is 5.75 Å². The Morgan fingerprint density at radius 1 is 1.09 bits per heavy atom. The summed E-state index contributed by atoms with van der Waals surface area (Å²) in [5, 5.41) is 0. The number of methoxy groups -OCH3 is 1. The Bertz CT molecular complexity index is 739. The maximum Gasteiger partial charge on any atom is 0.240 e. The fraction of sp³-hybridized carbons (Fsp3) is 0.333. The van der Waals surface area contributed by atoms with Crippen molar-refractivity contribution in [1.82, 2.24) is 4.72 Å². The average Bonchev–Trinajstić information content (AvgIpc) is 2.59. The molecule has 4 nitrogen and oxygen atoms in total. The minimum absolute atomic E-state index is 0.194. The van der Waals surface area contributed by atoms with Crippen LogP contribution in [0, 0.1) is 0 Å². The van der Waals surface area contributed by atoms with Gasteiger partial charge in [-0.25, -0.2) is 13.1 Å². The first-order chi connectivity index (χ1) is 11.0. The molecule has 0 saturated carbocycles. The van der Waals surface area contributed by atoms with Gasteiger partial charge in [-0.15, -0.1) is 0 Å². The van der Waals surface area contributed by atoms with Crippen molar-refractivity contribution in [3.63, 3.8) is 0 Å². The molecule has 0 heterocycles. The summed E-state index contributed by atoms with van der Waals surface area (Å²) >= 11 is 0. The third kappa shape index (κ3) is 4.33. The Kier molecular flexibility index (Phi) is 5.80. The number of nitrogens with one attached hydrogen (secondary N) is 1. The Hall–Kier alpha value is -1.85. The molecule has 0 aromatic heterocycles. The molecule has 2 aromatic carbocycles. The van der Waals surface area contributed by atoms with Crippen LogP contribution in [0.2, 0.25) is 0 Å². The van der Waals surface area contributed by atoms with Crippen LogP contribution in [-0.2, 0) is 16.6 Å². The minimum Gasteiger partial charge on any atom is -0.496 e. The third-order valence-corrected chi connectivity index (χ3v) is 5.43. The molecule has 0 spiro atoms. The van der Waals surface area contributed by atoms with Gasteiger partial charge in [0.25, 0.3) is 0 Å². The average molecular weight is 333 g/mol. The monoisotopic (exact) mass is 333 g/mol. The summed E-state index contributed by atoms with van der Waals surface area (Å²) in [6.45, 7) is 4.44. The fourth-order valence-corrected chi connectivity index (χ4v) is 3.32. The van der Waals surface area contributed by atoms with Crippen LogP contribution in [0.4, 0.5) is 0 Å². The van der Waals surface area contributed by atoms with Gasteiger partial charge in [0.15, 0.2) is 0 Å². The summed E-state index contributed by atoms with van der Waals surface area (Å²) < 4.78 is 32.7. The predicted octanol–water partition coefficient (Wildman–Crippen LogP) is 3.69. The lowest BCUT2D eigenvalue weighted by molar-refractivity contribution is 0.409. The van der Waals surface area contributed by atoms with Crippen LogP contribution < -0.4 is 9.46 Å². The third-order valence-electron chi connectivity index (χ3n) is 4.02. The van der Waals surface area contributed by atoms with E-state index in [1.807, 2.05) is 36.4 Å². The molecule has 0 aliphatic heterocycles. The number of benzene rings is 2. The van der Waals surface area contributed by atoms with Crippen LogP contribution in [0.25, 0.3) is 0 Å². The maximum atomic E-state index is 12.4. The molecule has 2 aromatic rings. The summed E-state index contributed by atoms with van der Waals surface area (Å²) in [7, 11) is -1.97. The van der Waals surface area contributed by atoms with Gasteiger partial charge in [-0.3, -0.25) is 0 Å². The van der Waals surface area contributed by atoms with Crippen LogP contribution in [-0.4, -0.2) is 15.5 Å². The van der Waals surface area contributed by atoms with Gasteiger partial charge < -0.3 is 4.74 Å². The van der Waals surface area contributed by atoms with Crippen LogP contribution in [0.3, 0.4) is 0 Å². The molecule has 0 radical (unpaired) electrons. The molecule has 0 aliphatic rings. The molecular weight excluding hydrogens is 310 g/mol. The zero-order valence-corrected chi connectivity index (χ0v) is 14.6. The van der Waals surface area contributed by atoms with Crippen LogP contribution in [0.1, 0.15) is 37.3 Å². The van der Waals surface area contributed by atoms with Crippen LogP contribution in [0.5, 0.6) is 5.75 Å². The first kappa shape index (κ1) is 17.5. The summed E-state index contributed by atoms with van der Waals surface area (Å²) in [6.07, 6.45) is 1.03. The molecule has 1 atom stereocenters. The smallest absolute Gasteiger partial charge is 0.240 e. The van der Waals surface area contributed by atoms with Gasteiger partial charge >= 0.3 is 0 Å². The maximum absolute atomic E-state index is 12.4. The zero-order valence-electron chi connectivity index (χ0n) is 13.7. The molecule has 5 heteroatoms. The molecular formula is C18H23NO3S. The number of ether oxygens (including phenoxy) is 1. The molecule has 0 amide bonds. The van der Waals surface area contributed by atoms with Crippen molar-refractivity contribution in [2.24, 2.45) is 0 Å². The van der Waals surface area contributed by atoms with Gasteiger partial charge in [-0.1, -0.05) is 44.2 Å². The van der Waals surface area contributed by atoms with Gasteiger partial charge in [0.05, 0.1) is 12.0 Å². The van der Waals surface area contributed by atoms with Gasteiger partial charge in [0, 0.05) is 12.1 Å². The first-order valence-electron chi connectivity index (χ1n) is 7.69. The number of hydrogen-bond donors (Lipinski definition) is 1. The predicted molar refractivity (Wildman–Crippen MR) is 92.2 cm³/mol. The second-order valence-electron chi connectivity index (χ2n) is 5.51. The highest BCUT2D eigenvalue weighted by Gasteiger charge is 2.15. The Balaban J connectivity index is 2.12. The standard InChI is InChI=1S/C18H23NO3S/c1-4-14(2)15-9-11-17(12-10-15)23(20,21)19-13-16-7-5-6-8-18(16)22-3/h5-12,14,19H,4,13H2,1-3H3. The number of para-hydroxylation sites is 1. The Morgan fingerprint density at radius 2 is 1.74 bits per heavy atom. The highest BCUT2D eigenvalue weighted by Crippen LogP contribution is 2.21. The summed E-state index contributed by atoms with van der Waals surface area (Å²) in [4.78, 5) is 0.277. The molecule has 2 rings (SSSR count). The number of hydrogen-bond acceptors (Lipinski definition) is 3. The molecule has 1 unspecified atom stereocenters. The molecule has 0 fully saturated rings. The topological polar surface area (TPSA) is 55.4 Å². The van der Waals surface area contributed by atoms with E-state index in [9.17, 15) is 8.42 Å². The van der Waals surface area contributed by atoms with Crippen molar-refractivity contribution in [2.75, 3.05) is 7.11 Å². The highest BCUT2D eigenvalue weighted by atomic mass is 32.2. The minimum atomic E-state index is -3.54. The van der Waals surface area contributed by atoms with Gasteiger partial charge in [0.2, 0.25) is 10.0 Å². The van der Waals surface area contributed by atoms with E-state index < -0.39 is 10.0 Å². The van der Waals surface area contributed by atoms with E-state index in [0.717, 1.165) is 17.5 Å². The molecule has 1 N–H and O–H groups in total. The lowest BCUT2D eigenvalue weighted by Gasteiger charge is -2.12. The highest BCUT2D eigenvalue weighted by molar-refractivity contribution is 7.89. The van der Waals surface area contributed by atoms with Crippen molar-refractivity contribution in [1.29, 1.82) is 0 Å². The summed E-state index contributed by atoms with van der Waals surface area (Å²) in [6, 6.07) is 14.4. The van der Waals surface area contributed by atoms with E-state index in [1.54, 1.807) is 19.2 Å². The van der Waals surface area contributed by atoms with E-state index in [4.69, 9.17) is 4.74 Å².